The highest BCUT2D eigenvalue weighted by Crippen LogP contribution is 2.10. The molecule has 0 unspecified atom stereocenters. The fourth-order valence-electron chi connectivity index (χ4n) is 1.04. The third-order valence-corrected chi connectivity index (χ3v) is 3.02. The smallest absolute Gasteiger partial charge is 0.195 e. The van der Waals surface area contributed by atoms with E-state index in [9.17, 15) is 4.79 Å². The maximum absolute atomic E-state index is 11.6. The molecule has 1 aromatic rings. The molecule has 0 saturated carbocycles. The highest BCUT2D eigenvalue weighted by Gasteiger charge is 2.18. The van der Waals surface area contributed by atoms with E-state index >= 15 is 0 Å². The van der Waals surface area contributed by atoms with E-state index in [2.05, 4.69) is 17.8 Å². The molecule has 1 heterocycles. The average Bonchev–Trinajstić information content (AvgIpc) is 2.50. The normalized spacial score (nSPS) is 11.2. The van der Waals surface area contributed by atoms with Crippen LogP contribution < -0.4 is 3.96 Å². The van der Waals surface area contributed by atoms with Gasteiger partial charge in [0, 0.05) is 5.92 Å². The van der Waals surface area contributed by atoms with Crippen LogP contribution in [0.5, 0.6) is 0 Å². The zero-order valence-corrected chi connectivity index (χ0v) is 9.39. The van der Waals surface area contributed by atoms with Gasteiger partial charge in [-0.25, -0.2) is 0 Å². The van der Waals surface area contributed by atoms with E-state index in [4.69, 9.17) is 0 Å². The van der Waals surface area contributed by atoms with Crippen molar-refractivity contribution < 1.29 is 8.75 Å². The molecule has 0 radical (unpaired) electrons. The fraction of sp³-hybridized carbons (Fsp3) is 0.600. The second kappa shape index (κ2) is 4.01. The summed E-state index contributed by atoms with van der Waals surface area (Å²) in [6.07, 6.45) is 1.94. The predicted molar refractivity (Wildman–Crippen MR) is 54.1 cm³/mol. The Morgan fingerprint density at radius 3 is 2.38 bits per heavy atom. The van der Waals surface area contributed by atoms with E-state index in [0.717, 1.165) is 5.56 Å². The van der Waals surface area contributed by atoms with Gasteiger partial charge in [0.25, 0.3) is 0 Å². The first-order valence-electron chi connectivity index (χ1n) is 4.56. The summed E-state index contributed by atoms with van der Waals surface area (Å²) in [6.45, 7) is 8.08. The predicted octanol–water partition coefficient (Wildman–Crippen LogP) is 2.46. The zero-order chi connectivity index (χ0) is 10.0. The van der Waals surface area contributed by atoms with Crippen LogP contribution in [-0.4, -0.2) is 5.78 Å². The van der Waals surface area contributed by atoms with Crippen molar-refractivity contribution in [2.45, 2.75) is 33.7 Å². The maximum atomic E-state index is 11.6. The molecule has 3 heteroatoms. The first-order chi connectivity index (χ1) is 6.02. The molecular formula is C10H16NOS+. The van der Waals surface area contributed by atoms with E-state index in [1.165, 1.54) is 0 Å². The zero-order valence-electron chi connectivity index (χ0n) is 8.57. The second-order valence-corrected chi connectivity index (χ2v) is 4.65. The number of aromatic nitrogens is 1. The molecule has 13 heavy (non-hydrogen) atoms. The number of nitrogens with zero attached hydrogens (tertiary/aromatic N) is 1. The molecule has 0 N–H and O–H groups in total. The third-order valence-electron chi connectivity index (χ3n) is 1.89. The van der Waals surface area contributed by atoms with Gasteiger partial charge in [-0.05, 0) is 13.8 Å². The Kier molecular flexibility index (Phi) is 3.20. The molecular weight excluding hydrogens is 182 g/mol. The molecule has 72 valence electrons. The van der Waals surface area contributed by atoms with Gasteiger partial charge in [0.2, 0.25) is 0 Å². The molecule has 1 aromatic heterocycles. The van der Waals surface area contributed by atoms with Gasteiger partial charge in [-0.2, -0.15) is 0 Å². The lowest BCUT2D eigenvalue weighted by atomic mass is 10.1. The van der Waals surface area contributed by atoms with Crippen molar-refractivity contribution in [3.63, 3.8) is 0 Å². The van der Waals surface area contributed by atoms with Crippen molar-refractivity contribution in [1.29, 1.82) is 0 Å². The Bertz CT molecular complexity index is 302. The van der Waals surface area contributed by atoms with E-state index in [-0.39, 0.29) is 11.7 Å². The van der Waals surface area contributed by atoms with E-state index < -0.39 is 0 Å². The lowest BCUT2D eigenvalue weighted by molar-refractivity contribution is -0.650. The average molecular weight is 198 g/mol. The first kappa shape index (κ1) is 10.4. The molecule has 0 aliphatic carbocycles. The quantitative estimate of drug-likeness (QED) is 0.540. The summed E-state index contributed by atoms with van der Waals surface area (Å²) >= 11 is 1.60. The van der Waals surface area contributed by atoms with Gasteiger partial charge < -0.3 is 0 Å². The molecule has 2 nitrogen and oxygen atoms in total. The summed E-state index contributed by atoms with van der Waals surface area (Å²) in [7, 11) is 0. The van der Waals surface area contributed by atoms with Gasteiger partial charge in [-0.1, -0.05) is 13.8 Å². The second-order valence-electron chi connectivity index (χ2n) is 3.78. The molecule has 0 fully saturated rings. The lowest BCUT2D eigenvalue weighted by Gasteiger charge is -1.97. The minimum atomic E-state index is 0.0928. The van der Waals surface area contributed by atoms with Crippen molar-refractivity contribution in [1.82, 2.24) is 0 Å². The molecule has 0 atom stereocenters. The molecule has 0 bridgehead atoms. The van der Waals surface area contributed by atoms with Crippen LogP contribution >= 0.6 is 11.5 Å². The minimum absolute atomic E-state index is 0.0928. The van der Waals surface area contributed by atoms with E-state index in [1.807, 2.05) is 25.4 Å². The fourth-order valence-corrected chi connectivity index (χ4v) is 1.87. The van der Waals surface area contributed by atoms with Crippen LogP contribution in [0.3, 0.4) is 0 Å². The molecule has 0 saturated heterocycles. The van der Waals surface area contributed by atoms with Gasteiger partial charge >= 0.3 is 0 Å². The molecule has 0 amide bonds. The third kappa shape index (κ3) is 2.37. The van der Waals surface area contributed by atoms with Crippen molar-refractivity contribution in [2.24, 2.45) is 5.92 Å². The standard InChI is InChI=1S/C10H16NOS/c1-7(2)10(12)9-5-11(8(3)4)13-6-9/h5-8H,1-4H3/q+1. The van der Waals surface area contributed by atoms with Crippen LogP contribution in [0.1, 0.15) is 44.1 Å². The summed E-state index contributed by atoms with van der Waals surface area (Å²) < 4.78 is 2.09. The Morgan fingerprint density at radius 2 is 2.00 bits per heavy atom. The monoisotopic (exact) mass is 198 g/mol. The van der Waals surface area contributed by atoms with Crippen LogP contribution in [0, 0.1) is 5.92 Å². The van der Waals surface area contributed by atoms with Crippen LogP contribution in [0.4, 0.5) is 0 Å². The summed E-state index contributed by atoms with van der Waals surface area (Å²) in [4.78, 5) is 11.6. The molecule has 0 aliphatic rings. The van der Waals surface area contributed by atoms with Crippen molar-refractivity contribution >= 4 is 17.3 Å². The van der Waals surface area contributed by atoms with Gasteiger partial charge in [-0.15, -0.1) is 3.96 Å². The minimum Gasteiger partial charge on any atom is -0.294 e. The van der Waals surface area contributed by atoms with E-state index in [1.54, 1.807) is 11.5 Å². The summed E-state index contributed by atoms with van der Waals surface area (Å²) in [5, 5.41) is 1.93. The molecule has 1 rings (SSSR count). The van der Waals surface area contributed by atoms with Crippen molar-refractivity contribution in [2.75, 3.05) is 0 Å². The number of hydrogen-bond donors (Lipinski definition) is 0. The topological polar surface area (TPSA) is 20.9 Å². The highest BCUT2D eigenvalue weighted by atomic mass is 32.1. The highest BCUT2D eigenvalue weighted by molar-refractivity contribution is 6.99. The van der Waals surface area contributed by atoms with Gasteiger partial charge in [0.05, 0.1) is 10.9 Å². The number of carbonyl (C=O) groups excluding carboxylic acids is 1. The maximum Gasteiger partial charge on any atom is 0.195 e. The van der Waals surface area contributed by atoms with Gasteiger partial charge in [0.15, 0.2) is 18.0 Å². The number of hydrogen-bond acceptors (Lipinski definition) is 2. The van der Waals surface area contributed by atoms with Gasteiger partial charge in [-0.3, -0.25) is 4.79 Å². The first-order valence-corrected chi connectivity index (χ1v) is 5.40. The Labute approximate surface area is 83.4 Å². The largest absolute Gasteiger partial charge is 0.294 e. The van der Waals surface area contributed by atoms with Crippen LogP contribution in [0.2, 0.25) is 0 Å². The number of ketones is 1. The number of rotatable bonds is 3. The summed E-state index contributed by atoms with van der Waals surface area (Å²) in [5.74, 6) is 0.325. The molecule has 0 spiro atoms. The summed E-state index contributed by atoms with van der Waals surface area (Å²) in [6, 6.07) is 0.443. The van der Waals surface area contributed by atoms with Crippen LogP contribution in [-0.2, 0) is 0 Å². The van der Waals surface area contributed by atoms with Crippen molar-refractivity contribution in [3.8, 4) is 0 Å². The lowest BCUT2D eigenvalue weighted by Crippen LogP contribution is -2.30. The molecule has 0 aromatic carbocycles. The summed E-state index contributed by atoms with van der Waals surface area (Å²) in [5.41, 5.74) is 0.841. The van der Waals surface area contributed by atoms with Crippen LogP contribution in [0.15, 0.2) is 11.6 Å². The van der Waals surface area contributed by atoms with E-state index in [0.29, 0.717) is 6.04 Å². The van der Waals surface area contributed by atoms with Gasteiger partial charge in [0.1, 0.15) is 11.5 Å². The number of Topliss-reactive ketones (excluding diaryl/α,β-unsaturated/α-hetero) is 1. The SMILES string of the molecule is CC(C)C(=O)c1cs[n+](C(C)C)c1. The molecule has 0 aliphatic heterocycles. The Morgan fingerprint density at radius 1 is 1.38 bits per heavy atom. The van der Waals surface area contributed by atoms with Crippen LogP contribution in [0.25, 0.3) is 0 Å². The number of carbonyl (C=O) groups is 1. The Balaban J connectivity index is 2.86. The Hall–Kier alpha value is -0.700. The van der Waals surface area contributed by atoms with Crippen molar-refractivity contribution in [3.05, 3.63) is 17.1 Å².